The second-order valence-corrected chi connectivity index (χ2v) is 8.32. The van der Waals surface area contributed by atoms with E-state index in [9.17, 15) is 0 Å². The van der Waals surface area contributed by atoms with Crippen LogP contribution in [0.2, 0.25) is 0 Å². The molecule has 0 aliphatic carbocycles. The largest absolute Gasteiger partial charge is 0.361 e. The van der Waals surface area contributed by atoms with Crippen molar-refractivity contribution in [2.75, 3.05) is 19.6 Å². The minimum atomic E-state index is 0.831. The molecule has 0 amide bonds. The van der Waals surface area contributed by atoms with Gasteiger partial charge in [0.05, 0.1) is 0 Å². The van der Waals surface area contributed by atoms with Gasteiger partial charge in [-0.1, -0.05) is 42.0 Å². The third-order valence-electron chi connectivity index (χ3n) is 6.06. The van der Waals surface area contributed by atoms with Crippen LogP contribution in [0.3, 0.4) is 0 Å². The summed E-state index contributed by atoms with van der Waals surface area (Å²) in [5, 5.41) is 1.41. The summed E-state index contributed by atoms with van der Waals surface area (Å²) in [7, 11) is 0. The number of nitrogens with one attached hydrogen (secondary N) is 1. The number of unbranched alkanes of at least 4 members (excludes halogenated alkanes) is 1. The number of aromatic amines is 1. The van der Waals surface area contributed by atoms with E-state index in [4.69, 9.17) is 0 Å². The summed E-state index contributed by atoms with van der Waals surface area (Å²) in [6.45, 7) is 6.00. The SMILES string of the molecule is Cc1ccc2[nH]cc(CCCCN3CCCC(Cc4ccccc4)C3)c2c1. The first-order valence-electron chi connectivity index (χ1n) is 10.6. The Morgan fingerprint density at radius 2 is 1.96 bits per heavy atom. The number of hydrogen-bond donors (Lipinski definition) is 1. The minimum Gasteiger partial charge on any atom is -0.361 e. The molecule has 1 saturated heterocycles. The normalized spacial score (nSPS) is 18.2. The topological polar surface area (TPSA) is 19.0 Å². The van der Waals surface area contributed by atoms with Crippen LogP contribution >= 0.6 is 0 Å². The van der Waals surface area contributed by atoms with E-state index in [2.05, 4.69) is 71.5 Å². The van der Waals surface area contributed by atoms with Crippen LogP contribution in [-0.2, 0) is 12.8 Å². The van der Waals surface area contributed by atoms with Gasteiger partial charge in [-0.15, -0.1) is 0 Å². The van der Waals surface area contributed by atoms with Crippen molar-refractivity contribution in [3.05, 3.63) is 71.4 Å². The Morgan fingerprint density at radius 3 is 2.85 bits per heavy atom. The zero-order valence-corrected chi connectivity index (χ0v) is 16.6. The van der Waals surface area contributed by atoms with Gasteiger partial charge in [-0.05, 0) is 87.7 Å². The van der Waals surface area contributed by atoms with E-state index in [-0.39, 0.29) is 0 Å². The van der Waals surface area contributed by atoms with Gasteiger partial charge in [0.1, 0.15) is 0 Å². The fourth-order valence-electron chi connectivity index (χ4n) is 4.62. The highest BCUT2D eigenvalue weighted by molar-refractivity contribution is 5.83. The maximum Gasteiger partial charge on any atom is 0.0456 e. The summed E-state index contributed by atoms with van der Waals surface area (Å²) < 4.78 is 0. The molecule has 4 rings (SSSR count). The number of hydrogen-bond acceptors (Lipinski definition) is 1. The molecule has 1 aliphatic heterocycles. The van der Waals surface area contributed by atoms with Gasteiger partial charge in [0.25, 0.3) is 0 Å². The summed E-state index contributed by atoms with van der Waals surface area (Å²) in [6.07, 6.45) is 9.97. The maximum atomic E-state index is 3.42. The Balaban J connectivity index is 1.23. The maximum absolute atomic E-state index is 3.42. The van der Waals surface area contributed by atoms with E-state index in [1.54, 1.807) is 0 Å². The lowest BCUT2D eigenvalue weighted by atomic mass is 9.91. The molecule has 2 aromatic carbocycles. The monoisotopic (exact) mass is 360 g/mol. The Labute approximate surface area is 163 Å². The lowest BCUT2D eigenvalue weighted by Gasteiger charge is -2.32. The molecule has 0 spiro atoms. The van der Waals surface area contributed by atoms with Gasteiger partial charge in [0.2, 0.25) is 0 Å². The average Bonchev–Trinajstić information content (AvgIpc) is 3.08. The van der Waals surface area contributed by atoms with E-state index >= 15 is 0 Å². The predicted molar refractivity (Wildman–Crippen MR) is 115 cm³/mol. The van der Waals surface area contributed by atoms with Crippen molar-refractivity contribution < 1.29 is 0 Å². The predicted octanol–water partition coefficient (Wildman–Crippen LogP) is 5.75. The summed E-state index contributed by atoms with van der Waals surface area (Å²) >= 11 is 0. The van der Waals surface area contributed by atoms with E-state index in [0.29, 0.717) is 0 Å². The van der Waals surface area contributed by atoms with Crippen LogP contribution in [0.1, 0.15) is 42.4 Å². The Hall–Kier alpha value is -2.06. The molecular formula is C25H32N2. The fraction of sp³-hybridized carbons (Fsp3) is 0.440. The van der Waals surface area contributed by atoms with Gasteiger partial charge < -0.3 is 9.88 Å². The van der Waals surface area contributed by atoms with Gasteiger partial charge in [0.15, 0.2) is 0 Å². The molecule has 1 atom stereocenters. The van der Waals surface area contributed by atoms with Gasteiger partial charge in [0, 0.05) is 23.6 Å². The Morgan fingerprint density at radius 1 is 1.07 bits per heavy atom. The van der Waals surface area contributed by atoms with Crippen LogP contribution in [0.15, 0.2) is 54.7 Å². The number of benzene rings is 2. The van der Waals surface area contributed by atoms with Crippen LogP contribution in [0, 0.1) is 12.8 Å². The van der Waals surface area contributed by atoms with Crippen molar-refractivity contribution in [1.82, 2.24) is 9.88 Å². The number of fused-ring (bicyclic) bond motifs is 1. The number of H-pyrrole nitrogens is 1. The first-order chi connectivity index (χ1) is 13.3. The van der Waals surface area contributed by atoms with Gasteiger partial charge in [-0.3, -0.25) is 0 Å². The zero-order valence-electron chi connectivity index (χ0n) is 16.6. The van der Waals surface area contributed by atoms with E-state index in [0.717, 1.165) is 5.92 Å². The Bertz CT molecular complexity index is 849. The van der Waals surface area contributed by atoms with E-state index < -0.39 is 0 Å². The number of piperidine rings is 1. The number of rotatable bonds is 7. The third kappa shape index (κ3) is 4.81. The molecule has 142 valence electrons. The smallest absolute Gasteiger partial charge is 0.0456 e. The quantitative estimate of drug-likeness (QED) is 0.531. The Kier molecular flexibility index (Phi) is 5.94. The van der Waals surface area contributed by atoms with Crippen LogP contribution < -0.4 is 0 Å². The van der Waals surface area contributed by atoms with Gasteiger partial charge in [-0.25, -0.2) is 0 Å². The zero-order chi connectivity index (χ0) is 18.5. The third-order valence-corrected chi connectivity index (χ3v) is 6.06. The second kappa shape index (κ2) is 8.75. The molecule has 1 N–H and O–H groups in total. The van der Waals surface area contributed by atoms with Crippen molar-refractivity contribution in [2.24, 2.45) is 5.92 Å². The highest BCUT2D eigenvalue weighted by atomic mass is 15.1. The number of aryl methyl sites for hydroxylation is 2. The standard InChI is InChI=1S/C25H32N2/c1-20-12-13-25-24(16-20)23(18-26-25)11-5-6-14-27-15-7-10-22(19-27)17-21-8-3-2-4-9-21/h2-4,8-9,12-13,16,18,22,26H,5-7,10-11,14-15,17,19H2,1H3. The van der Waals surface area contributed by atoms with Crippen molar-refractivity contribution >= 4 is 10.9 Å². The molecule has 1 aromatic heterocycles. The molecule has 1 fully saturated rings. The van der Waals surface area contributed by atoms with Crippen molar-refractivity contribution in [3.63, 3.8) is 0 Å². The van der Waals surface area contributed by atoms with Gasteiger partial charge in [-0.2, -0.15) is 0 Å². The van der Waals surface area contributed by atoms with Crippen LogP contribution in [-0.4, -0.2) is 29.5 Å². The molecule has 1 aliphatic rings. The molecular weight excluding hydrogens is 328 g/mol. The van der Waals surface area contributed by atoms with Gasteiger partial charge >= 0.3 is 0 Å². The summed E-state index contributed by atoms with van der Waals surface area (Å²) in [5.41, 5.74) is 5.60. The second-order valence-electron chi connectivity index (χ2n) is 8.32. The van der Waals surface area contributed by atoms with Crippen LogP contribution in [0.5, 0.6) is 0 Å². The molecule has 27 heavy (non-hydrogen) atoms. The van der Waals surface area contributed by atoms with Crippen molar-refractivity contribution in [3.8, 4) is 0 Å². The number of likely N-dealkylation sites (tertiary alicyclic amines) is 1. The summed E-state index contributed by atoms with van der Waals surface area (Å²) in [4.78, 5) is 6.13. The molecule has 2 heteroatoms. The summed E-state index contributed by atoms with van der Waals surface area (Å²) in [6, 6.07) is 17.7. The van der Waals surface area contributed by atoms with Crippen molar-refractivity contribution in [1.29, 1.82) is 0 Å². The number of nitrogens with zero attached hydrogens (tertiary/aromatic N) is 1. The number of aromatic nitrogens is 1. The first kappa shape index (κ1) is 18.3. The summed E-state index contributed by atoms with van der Waals surface area (Å²) in [5.74, 6) is 0.831. The average molecular weight is 361 g/mol. The highest BCUT2D eigenvalue weighted by Gasteiger charge is 2.19. The highest BCUT2D eigenvalue weighted by Crippen LogP contribution is 2.23. The minimum absolute atomic E-state index is 0.831. The van der Waals surface area contributed by atoms with Crippen LogP contribution in [0.25, 0.3) is 10.9 Å². The molecule has 0 saturated carbocycles. The lowest BCUT2D eigenvalue weighted by Crippen LogP contribution is -2.36. The van der Waals surface area contributed by atoms with Crippen molar-refractivity contribution in [2.45, 2.75) is 45.4 Å². The molecule has 2 nitrogen and oxygen atoms in total. The van der Waals surface area contributed by atoms with Crippen LogP contribution in [0.4, 0.5) is 0 Å². The van der Waals surface area contributed by atoms with E-state index in [1.165, 1.54) is 85.8 Å². The molecule has 0 radical (unpaired) electrons. The molecule has 2 heterocycles. The molecule has 1 unspecified atom stereocenters. The first-order valence-corrected chi connectivity index (χ1v) is 10.6. The lowest BCUT2D eigenvalue weighted by molar-refractivity contribution is 0.171. The van der Waals surface area contributed by atoms with E-state index in [1.807, 2.05) is 0 Å². The fourth-order valence-corrected chi connectivity index (χ4v) is 4.62. The molecule has 3 aromatic rings. The molecule has 0 bridgehead atoms.